The number of hydrogen-bond donors (Lipinski definition) is 1. The van der Waals surface area contributed by atoms with Crippen LogP contribution in [-0.2, 0) is 0 Å². The Morgan fingerprint density at radius 3 is 2.41 bits per heavy atom. The summed E-state index contributed by atoms with van der Waals surface area (Å²) in [4.78, 5) is 5.21. The van der Waals surface area contributed by atoms with Crippen LogP contribution in [0.25, 0.3) is 0 Å². The number of thioether (sulfide) groups is 1. The second-order valence-corrected chi connectivity index (χ2v) is 5.10. The number of rotatable bonds is 4. The maximum atomic E-state index is 6.16. The molecule has 1 atom stereocenters. The zero-order chi connectivity index (χ0) is 12.1. The first-order valence-corrected chi connectivity index (χ1v) is 6.59. The summed E-state index contributed by atoms with van der Waals surface area (Å²) in [6.45, 7) is 2.08. The van der Waals surface area contributed by atoms with E-state index in [0.717, 1.165) is 5.75 Å². The number of hydrogen-bond acceptors (Lipinski definition) is 3. The smallest absolute Gasteiger partial charge is 0.0390 e. The molecule has 3 heteroatoms. The van der Waals surface area contributed by atoms with Gasteiger partial charge >= 0.3 is 0 Å². The van der Waals surface area contributed by atoms with Crippen molar-refractivity contribution in [3.05, 3.63) is 59.9 Å². The Labute approximate surface area is 106 Å². The molecular weight excluding hydrogens is 228 g/mol. The minimum Gasteiger partial charge on any atom is -0.323 e. The minimum atomic E-state index is 0.0776. The van der Waals surface area contributed by atoms with Gasteiger partial charge in [0.25, 0.3) is 0 Å². The van der Waals surface area contributed by atoms with Gasteiger partial charge < -0.3 is 5.73 Å². The summed E-state index contributed by atoms with van der Waals surface area (Å²) >= 11 is 1.76. The Morgan fingerprint density at radius 2 is 1.76 bits per heavy atom. The quantitative estimate of drug-likeness (QED) is 0.840. The lowest BCUT2D eigenvalue weighted by Crippen LogP contribution is -2.12. The van der Waals surface area contributed by atoms with E-state index < -0.39 is 0 Å². The molecule has 0 aliphatic rings. The van der Waals surface area contributed by atoms with E-state index in [1.54, 1.807) is 24.2 Å². The van der Waals surface area contributed by atoms with Gasteiger partial charge in [0.15, 0.2) is 0 Å². The second kappa shape index (κ2) is 5.84. The zero-order valence-corrected chi connectivity index (χ0v) is 10.7. The summed E-state index contributed by atoms with van der Waals surface area (Å²) in [7, 11) is 0. The maximum absolute atomic E-state index is 6.16. The van der Waals surface area contributed by atoms with Crippen molar-refractivity contribution in [1.29, 1.82) is 0 Å². The lowest BCUT2D eigenvalue weighted by molar-refractivity contribution is 0.831. The average Bonchev–Trinajstić information content (AvgIpc) is 2.38. The van der Waals surface area contributed by atoms with E-state index in [9.17, 15) is 0 Å². The molecule has 17 heavy (non-hydrogen) atoms. The lowest BCUT2D eigenvalue weighted by Gasteiger charge is -2.11. The molecule has 2 aromatic rings. The predicted octanol–water partition coefficient (Wildman–Crippen LogP) is 3.18. The first kappa shape index (κ1) is 12.1. The van der Waals surface area contributed by atoms with Crippen LogP contribution in [0.4, 0.5) is 0 Å². The van der Waals surface area contributed by atoms with Gasteiger partial charge in [-0.15, -0.1) is 11.8 Å². The van der Waals surface area contributed by atoms with E-state index in [0.29, 0.717) is 0 Å². The van der Waals surface area contributed by atoms with Crippen molar-refractivity contribution in [2.75, 3.05) is 5.75 Å². The zero-order valence-electron chi connectivity index (χ0n) is 9.84. The normalized spacial score (nSPS) is 12.4. The summed E-state index contributed by atoms with van der Waals surface area (Å²) in [5, 5.41) is 0. The van der Waals surface area contributed by atoms with Gasteiger partial charge in [-0.2, -0.15) is 0 Å². The minimum absolute atomic E-state index is 0.0776. The van der Waals surface area contributed by atoms with Gasteiger partial charge in [0.05, 0.1) is 0 Å². The molecule has 1 aromatic heterocycles. The molecule has 0 saturated carbocycles. The number of nitrogens with zero attached hydrogens (tertiary/aromatic N) is 1. The van der Waals surface area contributed by atoms with Crippen LogP contribution in [-0.4, -0.2) is 10.7 Å². The van der Waals surface area contributed by atoms with Crippen molar-refractivity contribution >= 4 is 11.8 Å². The molecule has 2 rings (SSSR count). The molecule has 0 bridgehead atoms. The summed E-state index contributed by atoms with van der Waals surface area (Å²) < 4.78 is 0. The molecule has 2 nitrogen and oxygen atoms in total. The van der Waals surface area contributed by atoms with Gasteiger partial charge in [0.1, 0.15) is 0 Å². The fourth-order valence-electron chi connectivity index (χ4n) is 1.53. The monoisotopic (exact) mass is 244 g/mol. The third-order valence-electron chi connectivity index (χ3n) is 2.58. The van der Waals surface area contributed by atoms with Crippen LogP contribution in [0.5, 0.6) is 0 Å². The van der Waals surface area contributed by atoms with Crippen LogP contribution in [0.2, 0.25) is 0 Å². The Morgan fingerprint density at radius 1 is 1.12 bits per heavy atom. The van der Waals surface area contributed by atoms with Crippen LogP contribution in [0.15, 0.2) is 53.7 Å². The molecule has 88 valence electrons. The lowest BCUT2D eigenvalue weighted by atomic mass is 10.1. The Balaban J connectivity index is 1.93. The van der Waals surface area contributed by atoms with Gasteiger partial charge in [0, 0.05) is 29.1 Å². The highest BCUT2D eigenvalue weighted by Crippen LogP contribution is 2.22. The molecule has 1 unspecified atom stereocenters. The molecule has 0 fully saturated rings. The van der Waals surface area contributed by atoms with E-state index in [-0.39, 0.29) is 6.04 Å². The number of aromatic nitrogens is 1. The maximum Gasteiger partial charge on any atom is 0.0390 e. The van der Waals surface area contributed by atoms with E-state index >= 15 is 0 Å². The summed E-state index contributed by atoms with van der Waals surface area (Å²) in [5.41, 5.74) is 8.61. The van der Waals surface area contributed by atoms with Crippen LogP contribution in [0.3, 0.4) is 0 Å². The van der Waals surface area contributed by atoms with Crippen molar-refractivity contribution in [2.45, 2.75) is 17.9 Å². The SMILES string of the molecule is Cc1ccc(C(N)CSc2ccncc2)cc1. The fraction of sp³-hybridized carbons (Fsp3) is 0.214. The number of benzene rings is 1. The van der Waals surface area contributed by atoms with E-state index in [4.69, 9.17) is 5.73 Å². The fourth-order valence-corrected chi connectivity index (χ4v) is 2.41. The summed E-state index contributed by atoms with van der Waals surface area (Å²) in [6.07, 6.45) is 3.61. The highest BCUT2D eigenvalue weighted by atomic mass is 32.2. The number of aryl methyl sites for hydroxylation is 1. The van der Waals surface area contributed by atoms with Crippen molar-refractivity contribution in [2.24, 2.45) is 5.73 Å². The molecule has 0 amide bonds. The molecular formula is C14H16N2S. The van der Waals surface area contributed by atoms with Crippen LogP contribution >= 0.6 is 11.8 Å². The van der Waals surface area contributed by atoms with Gasteiger partial charge in [-0.05, 0) is 24.6 Å². The van der Waals surface area contributed by atoms with Gasteiger partial charge in [-0.3, -0.25) is 4.98 Å². The van der Waals surface area contributed by atoms with E-state index in [1.165, 1.54) is 16.0 Å². The van der Waals surface area contributed by atoms with Crippen molar-refractivity contribution in [1.82, 2.24) is 4.98 Å². The van der Waals surface area contributed by atoms with Crippen LogP contribution < -0.4 is 5.73 Å². The highest BCUT2D eigenvalue weighted by molar-refractivity contribution is 7.99. The van der Waals surface area contributed by atoms with E-state index in [2.05, 4.69) is 36.2 Å². The molecule has 0 aliphatic carbocycles. The molecule has 1 aromatic carbocycles. The van der Waals surface area contributed by atoms with Gasteiger partial charge in [-0.1, -0.05) is 29.8 Å². The topological polar surface area (TPSA) is 38.9 Å². The Bertz CT molecular complexity index is 453. The molecule has 0 aliphatic heterocycles. The van der Waals surface area contributed by atoms with Crippen LogP contribution in [0, 0.1) is 6.92 Å². The predicted molar refractivity (Wildman–Crippen MR) is 73.1 cm³/mol. The molecule has 0 radical (unpaired) electrons. The van der Waals surface area contributed by atoms with Crippen molar-refractivity contribution in [3.63, 3.8) is 0 Å². The first-order valence-electron chi connectivity index (χ1n) is 5.60. The molecule has 1 heterocycles. The highest BCUT2D eigenvalue weighted by Gasteiger charge is 2.06. The number of pyridine rings is 1. The average molecular weight is 244 g/mol. The van der Waals surface area contributed by atoms with Gasteiger partial charge in [-0.25, -0.2) is 0 Å². The third-order valence-corrected chi connectivity index (χ3v) is 3.72. The largest absolute Gasteiger partial charge is 0.323 e. The number of nitrogens with two attached hydrogens (primary N) is 1. The summed E-state index contributed by atoms with van der Waals surface area (Å²) in [6, 6.07) is 12.5. The second-order valence-electron chi connectivity index (χ2n) is 4.01. The summed E-state index contributed by atoms with van der Waals surface area (Å²) in [5.74, 6) is 0.882. The molecule has 0 spiro atoms. The standard InChI is InChI=1S/C14H16N2S/c1-11-2-4-12(5-3-11)14(15)10-17-13-6-8-16-9-7-13/h2-9,14H,10,15H2,1H3. The van der Waals surface area contributed by atoms with Gasteiger partial charge in [0.2, 0.25) is 0 Å². The van der Waals surface area contributed by atoms with Crippen LogP contribution in [0.1, 0.15) is 17.2 Å². The molecule has 0 saturated heterocycles. The van der Waals surface area contributed by atoms with Crippen molar-refractivity contribution < 1.29 is 0 Å². The third kappa shape index (κ3) is 3.58. The Kier molecular flexibility index (Phi) is 4.18. The Hall–Kier alpha value is -1.32. The molecule has 2 N–H and O–H groups in total. The van der Waals surface area contributed by atoms with Crippen molar-refractivity contribution in [3.8, 4) is 0 Å². The van der Waals surface area contributed by atoms with E-state index in [1.807, 2.05) is 12.1 Å². The first-order chi connectivity index (χ1) is 8.25.